The normalized spacial score (nSPS) is 14.3. The van der Waals surface area contributed by atoms with E-state index in [9.17, 15) is 0 Å². The van der Waals surface area contributed by atoms with E-state index in [1.165, 1.54) is 56.0 Å². The first-order valence-corrected chi connectivity index (χ1v) is 41.3. The fourth-order valence-corrected chi connectivity index (χ4v) is 14.6. The molecule has 0 radical (unpaired) electrons. The lowest BCUT2D eigenvalue weighted by Crippen LogP contribution is -2.46. The van der Waals surface area contributed by atoms with Crippen LogP contribution in [0.1, 0.15) is 130 Å². The maximum atomic E-state index is 9.03. The second kappa shape index (κ2) is 33.1. The Balaban J connectivity index is 0.000000211. The van der Waals surface area contributed by atoms with Gasteiger partial charge in [-0.3, -0.25) is 0 Å². The topological polar surface area (TPSA) is 19.4 Å². The fourth-order valence-electron chi connectivity index (χ4n) is 12.0. The molecule has 0 aliphatic heterocycles. The van der Waals surface area contributed by atoms with Gasteiger partial charge in [0.15, 0.2) is 31.0 Å². The van der Waals surface area contributed by atoms with Crippen molar-refractivity contribution >= 4 is 26.5 Å². The molecule has 0 aliphatic carbocycles. The summed E-state index contributed by atoms with van der Waals surface area (Å²) in [5, 5.41) is 2.51. The van der Waals surface area contributed by atoms with E-state index in [1.54, 1.807) is 32.4 Å². The highest BCUT2D eigenvalue weighted by molar-refractivity contribution is 6.89. The molecule has 0 bridgehead atoms. The first-order valence-electron chi connectivity index (χ1n) is 42.3. The average molecular weight is 1370 g/mol. The lowest BCUT2D eigenvalue weighted by Gasteiger charge is -2.24. The Hall–Kier alpha value is -8.50. The van der Waals surface area contributed by atoms with Gasteiger partial charge in [-0.25, -0.2) is 22.8 Å². The van der Waals surface area contributed by atoms with Crippen molar-refractivity contribution in [1.29, 1.82) is 0 Å². The summed E-state index contributed by atoms with van der Waals surface area (Å²) in [5.74, 6) is 0. The number of hydrogen-bond donors (Lipinski definition) is 0. The summed E-state index contributed by atoms with van der Waals surface area (Å²) in [7, 11) is 6.95. The molecule has 11 rings (SSSR count). The molecule has 99 heavy (non-hydrogen) atoms. The second-order valence-corrected chi connectivity index (χ2v) is 41.0. The number of benzene rings is 6. The van der Waals surface area contributed by atoms with Gasteiger partial charge in [0.05, 0.1) is 23.0 Å². The van der Waals surface area contributed by atoms with Crippen LogP contribution in [-0.4, -0.2) is 16.1 Å². The highest BCUT2D eigenvalue weighted by Crippen LogP contribution is 2.35. The smallest absolute Gasteiger partial charge is 0.201 e. The van der Waals surface area contributed by atoms with Crippen LogP contribution < -0.4 is 33.2 Å². The molecule has 0 N–H and O–H groups in total. The summed E-state index contributed by atoms with van der Waals surface area (Å²) in [6.45, 7) is 33.0. The Labute approximate surface area is 624 Å². The number of hydrogen-bond acceptors (Lipinski definition) is 0. The van der Waals surface area contributed by atoms with Crippen molar-refractivity contribution in [3.8, 4) is 67.4 Å². The molecule has 6 aromatic carbocycles. The summed E-state index contributed by atoms with van der Waals surface area (Å²) >= 11 is 0. The van der Waals surface area contributed by atoms with E-state index in [2.05, 4.69) is 226 Å². The van der Waals surface area contributed by atoms with Crippen molar-refractivity contribution < 1.29 is 44.8 Å². The largest absolute Gasteiger partial charge is 0.212 e. The second-order valence-electron chi connectivity index (χ2n) is 30.9. The van der Waals surface area contributed by atoms with Crippen molar-refractivity contribution in [2.45, 2.75) is 163 Å². The van der Waals surface area contributed by atoms with Gasteiger partial charge in [0.1, 0.15) is 35.2 Å². The molecule has 0 saturated heterocycles. The average Bonchev–Trinajstić information content (AvgIpc) is 0.742. The van der Waals surface area contributed by atoms with Gasteiger partial charge in [-0.2, -0.15) is 0 Å². The third kappa shape index (κ3) is 21.3. The van der Waals surface area contributed by atoms with Gasteiger partial charge in [-0.05, 0) is 190 Å². The van der Waals surface area contributed by atoms with Crippen molar-refractivity contribution in [1.82, 2.24) is 0 Å². The Morgan fingerprint density at radius 2 is 0.818 bits per heavy atom. The van der Waals surface area contributed by atoms with Crippen molar-refractivity contribution in [2.75, 3.05) is 0 Å². The van der Waals surface area contributed by atoms with Gasteiger partial charge in [0.25, 0.3) is 0 Å². The lowest BCUT2D eigenvalue weighted by molar-refractivity contribution is -0.661. The van der Waals surface area contributed by atoms with E-state index in [4.69, 9.17) is 21.9 Å². The Kier molecular flexibility index (Phi) is 19.2. The van der Waals surface area contributed by atoms with Crippen LogP contribution in [0.4, 0.5) is 0 Å². The van der Waals surface area contributed by atoms with E-state index in [-0.39, 0.29) is 22.1 Å². The SMILES string of the molecule is Cc1cc[n+](C)c(-c2ccccc2C)c1.Cc1ccccc1-c1ccc([Si](C)(C)C)c[n+]1C.[2H]C([2H])([2H])c1c[n+](C)c(-c2ccccc2C)cc1C.[2H]C([2H])([2H])c1cc(-c2ccccc2C)[n+](C)cc1[Si](C)(C)C.[2H]c1c([2H])c([2H])c(-c2cc(-c3cc(CC(C)(C)C)c(C([2H])([2H])C(C)(C)C)c[n+]3C)c(C)cc2C([2H])([2H])[2H])c([2H])c1[2H]. The molecule has 5 aromatic heterocycles. The van der Waals surface area contributed by atoms with E-state index in [0.717, 1.165) is 44.4 Å². The summed E-state index contributed by atoms with van der Waals surface area (Å²) in [6.07, 6.45) is 8.88. The molecule has 5 nitrogen and oxygen atoms in total. The summed E-state index contributed by atoms with van der Waals surface area (Å²) in [4.78, 5) is 0. The van der Waals surface area contributed by atoms with E-state index in [0.29, 0.717) is 39.9 Å². The van der Waals surface area contributed by atoms with E-state index < -0.39 is 78.7 Å². The number of pyridine rings is 5. The lowest BCUT2D eigenvalue weighted by atomic mass is 9.81. The van der Waals surface area contributed by atoms with Crippen molar-refractivity contribution in [3.63, 3.8) is 0 Å². The van der Waals surface area contributed by atoms with E-state index in [1.807, 2.05) is 106 Å². The molecule has 0 fully saturated rings. The molecular formula is C92H120N5Si2+5. The van der Waals surface area contributed by atoms with Crippen LogP contribution in [0, 0.1) is 79.9 Å². The first-order chi connectivity index (χ1) is 52.8. The molecule has 11 aromatic rings. The fraction of sp³-hybridized carbons (Fsp3) is 0.337. The highest BCUT2D eigenvalue weighted by Gasteiger charge is 2.28. The Morgan fingerprint density at radius 1 is 0.364 bits per heavy atom. The molecule has 0 saturated carbocycles. The predicted octanol–water partition coefficient (Wildman–Crippen LogP) is 19.9. The zero-order valence-corrected chi connectivity index (χ0v) is 65.8. The van der Waals surface area contributed by atoms with Gasteiger partial charge in [-0.1, -0.05) is 196 Å². The molecule has 0 unspecified atom stereocenters. The molecule has 0 spiro atoms. The zero-order valence-electron chi connectivity index (χ0n) is 79.8. The Bertz CT molecular complexity index is 5330. The molecule has 516 valence electrons. The Morgan fingerprint density at radius 3 is 1.28 bits per heavy atom. The molecule has 0 atom stereocenters. The maximum Gasteiger partial charge on any atom is 0.212 e. The van der Waals surface area contributed by atoms with Gasteiger partial charge in [0, 0.05) is 101 Å². The van der Waals surface area contributed by atoms with Crippen LogP contribution in [0.2, 0.25) is 39.3 Å². The van der Waals surface area contributed by atoms with Crippen LogP contribution in [-0.2, 0) is 48.0 Å². The first kappa shape index (κ1) is 57.3. The minimum absolute atomic E-state index is 0.0501. The summed E-state index contributed by atoms with van der Waals surface area (Å²) in [6, 6.07) is 48.4. The summed E-state index contributed by atoms with van der Waals surface area (Å²) in [5.41, 5.74) is 19.7. The molecule has 0 aliphatic rings. The molecule has 7 heteroatoms. The molecular weight excluding hydrogens is 1230 g/mol. The van der Waals surface area contributed by atoms with Crippen molar-refractivity contribution in [2.24, 2.45) is 46.1 Å². The molecule has 0 amide bonds. The molecule has 5 heterocycles. The number of nitrogens with zero attached hydrogens (tertiary/aromatic N) is 5. The van der Waals surface area contributed by atoms with Crippen LogP contribution >= 0.6 is 0 Å². The monoisotopic (exact) mass is 1370 g/mol. The number of aromatic nitrogens is 5. The highest BCUT2D eigenvalue weighted by atomic mass is 28.3. The van der Waals surface area contributed by atoms with Crippen LogP contribution in [0.25, 0.3) is 67.4 Å². The third-order valence-electron chi connectivity index (χ3n) is 17.6. The van der Waals surface area contributed by atoms with Crippen molar-refractivity contribution in [3.05, 3.63) is 280 Å². The van der Waals surface area contributed by atoms with Gasteiger partial charge in [-0.15, -0.1) is 0 Å². The van der Waals surface area contributed by atoms with Gasteiger partial charge < -0.3 is 0 Å². The predicted molar refractivity (Wildman–Crippen MR) is 430 cm³/mol. The zero-order chi connectivity index (χ0) is 86.7. The van der Waals surface area contributed by atoms with Crippen LogP contribution in [0.15, 0.2) is 213 Å². The van der Waals surface area contributed by atoms with E-state index >= 15 is 0 Å². The van der Waals surface area contributed by atoms with Crippen LogP contribution in [0.5, 0.6) is 0 Å². The standard InChI is InChI=1S/C30H40N.C17H24NSi.C16H22NSi.C15H18N.C14H16N/c1-21-15-22(2)27(17-26(21)23-13-11-10-12-14-23)28-16-24(18-29(3,4)5)25(20-31(28)9)19-30(6,7)8;1-13-9-7-8-10-15(13)16-11-14(2)17(12-18(16)3)19(4,5)6;1-13-8-6-7-9-15(13)16-11-10-14(12-17(16)2)18(3,4)5;1-11-7-5-6-8-14(11)15-9-12(2)13(3)10-16(15)4;1-11-8-9-15(3)14(10-11)13-7-5-4-6-12(13)2/h10-17,20H,18-19H2,1-9H3;7-12H,1-6H3;6-12H,1-5H3;5-10H,1-4H3;4-10H,1-3H3/q5*+1/i1D3,10D,11D,12D,13D,14D,19D2;2D3;;3D3;. The number of aryl methyl sites for hydroxylation is 15. The van der Waals surface area contributed by atoms with Gasteiger partial charge >= 0.3 is 0 Å². The summed E-state index contributed by atoms with van der Waals surface area (Å²) < 4.78 is 141. The quantitative estimate of drug-likeness (QED) is 0.0960. The maximum absolute atomic E-state index is 9.03. The number of rotatable bonds is 10. The minimum atomic E-state index is -2.60. The van der Waals surface area contributed by atoms with Crippen LogP contribution in [0.3, 0.4) is 0 Å². The minimum Gasteiger partial charge on any atom is -0.201 e. The third-order valence-corrected chi connectivity index (χ3v) is 21.6. The van der Waals surface area contributed by atoms with Gasteiger partial charge in [0.2, 0.25) is 28.5 Å².